The number of hydrogen-bond donors (Lipinski definition) is 0. The number of fused-ring (bicyclic) bond motifs is 13. The smallest absolute Gasteiger partial charge is 0.193 e. The molecule has 0 bridgehead atoms. The fourth-order valence-corrected chi connectivity index (χ4v) is 16.6. The number of rotatable bonds is 13. The Morgan fingerprint density at radius 3 is 1.32 bits per heavy atom. The van der Waals surface area contributed by atoms with E-state index in [0.29, 0.717) is 0 Å². The predicted molar refractivity (Wildman–Crippen MR) is 379 cm³/mol. The van der Waals surface area contributed by atoms with Crippen molar-refractivity contribution in [1.29, 1.82) is 0 Å². The van der Waals surface area contributed by atoms with Crippen molar-refractivity contribution in [2.24, 2.45) is 5.41 Å². The summed E-state index contributed by atoms with van der Waals surface area (Å²) in [6.45, 7) is 7.34. The molecule has 2 aliphatic heterocycles. The average molecular weight is 1170 g/mol. The maximum absolute atomic E-state index is 2.72. The molecule has 4 unspecified atom stereocenters. The van der Waals surface area contributed by atoms with E-state index in [2.05, 4.69) is 340 Å². The van der Waals surface area contributed by atoms with Crippen LogP contribution in [-0.2, 0) is 11.8 Å². The van der Waals surface area contributed by atoms with Crippen molar-refractivity contribution < 1.29 is 9.13 Å². The molecule has 434 valence electrons. The van der Waals surface area contributed by atoms with Crippen LogP contribution in [0.3, 0.4) is 0 Å². The number of aromatic nitrogens is 2. The summed E-state index contributed by atoms with van der Waals surface area (Å²) in [6.07, 6.45) is 9.42. The predicted octanol–water partition coefficient (Wildman–Crippen LogP) is 22.4. The largest absolute Gasteiger partial charge is 0.221 e. The van der Waals surface area contributed by atoms with Crippen molar-refractivity contribution >= 4 is 21.5 Å². The van der Waals surface area contributed by atoms with Crippen LogP contribution in [0.25, 0.3) is 133 Å². The molecule has 0 N–H and O–H groups in total. The summed E-state index contributed by atoms with van der Waals surface area (Å²) in [5.41, 5.74) is 28.3. The van der Waals surface area contributed by atoms with Crippen LogP contribution >= 0.6 is 0 Å². The van der Waals surface area contributed by atoms with Gasteiger partial charge >= 0.3 is 0 Å². The molecule has 2 heteroatoms. The fraction of sp³-hybridized carbons (Fsp3) is 0.124. The summed E-state index contributed by atoms with van der Waals surface area (Å²) in [5, 5.41) is 5.31. The molecule has 0 radical (unpaired) electrons. The van der Waals surface area contributed by atoms with E-state index in [1.54, 1.807) is 0 Å². The first-order valence-corrected chi connectivity index (χ1v) is 32.8. The SMILES string of the molecule is CCCCc1cccc2c3[n+](ccc12)C1C(C)(CC)C1(C1c2ccc(-c4cccc(-c5cc(-c6cc(-c7ccccc7)cc(-c7ccccc7)c6)cc(-c6cc(-c7ccccc7)cc(-c7ccccc7)c6)c5)c4)cc2-c2c4ccccc4cc[n+]21)c1ccccc1-3. The van der Waals surface area contributed by atoms with Gasteiger partial charge in [0.25, 0.3) is 0 Å². The van der Waals surface area contributed by atoms with Crippen molar-refractivity contribution in [2.45, 2.75) is 64.0 Å². The van der Waals surface area contributed by atoms with Crippen LogP contribution in [0.15, 0.2) is 310 Å². The lowest BCUT2D eigenvalue weighted by molar-refractivity contribution is -0.726. The number of benzene rings is 12. The topological polar surface area (TPSA) is 7.76 Å². The van der Waals surface area contributed by atoms with E-state index in [9.17, 15) is 0 Å². The molecule has 1 fully saturated rings. The molecule has 91 heavy (non-hydrogen) atoms. The first kappa shape index (κ1) is 54.6. The van der Waals surface area contributed by atoms with E-state index in [1.807, 2.05) is 0 Å². The molecule has 0 amide bonds. The molecule has 0 spiro atoms. The number of aryl methyl sites for hydroxylation is 1. The summed E-state index contributed by atoms with van der Waals surface area (Å²) >= 11 is 0. The summed E-state index contributed by atoms with van der Waals surface area (Å²) in [7, 11) is 0. The van der Waals surface area contributed by atoms with Gasteiger partial charge in [0.2, 0.25) is 17.4 Å². The van der Waals surface area contributed by atoms with Crippen LogP contribution in [0.4, 0.5) is 0 Å². The molecule has 12 aromatic carbocycles. The highest BCUT2D eigenvalue weighted by atomic mass is 15.2. The molecule has 4 heterocycles. The molecular weight excluding hydrogens is 1100 g/mol. The summed E-state index contributed by atoms with van der Waals surface area (Å²) in [6, 6.07) is 112. The molecule has 0 saturated heterocycles. The van der Waals surface area contributed by atoms with Gasteiger partial charge in [-0.05, 0) is 215 Å². The van der Waals surface area contributed by atoms with Crippen molar-refractivity contribution in [3.05, 3.63) is 326 Å². The Hall–Kier alpha value is -10.5. The standard InChI is InChI=1S/C89H70N2/c1-4-6-25-63-35-24-40-79-77(63)45-47-91-85(79)81-39-21-22-41-83(81)89(87(91)88(89,3)5-2)86-80-43-42-67(58-82(80)84-78-38-20-19-34-64(78)44-46-90(84)86)65-36-23-37-66(48-65)72-55-75(73-51-68(59-26-11-7-12-27-59)49-69(52-73)60-28-13-8-14-29-60)57-76(56-72)74-53-70(61-30-15-9-16-31-61)50-71(54-74)62-32-17-10-18-33-62/h7-24,26-58,86-87H,4-6,25H2,1-3H3/q+2. The van der Waals surface area contributed by atoms with E-state index in [0.717, 1.165) is 29.5 Å². The van der Waals surface area contributed by atoms with Crippen molar-refractivity contribution in [2.75, 3.05) is 0 Å². The second-order valence-corrected chi connectivity index (χ2v) is 25.9. The Bertz CT molecular complexity index is 4900. The Morgan fingerprint density at radius 2 is 0.758 bits per heavy atom. The Labute approximate surface area is 534 Å². The van der Waals surface area contributed by atoms with Crippen molar-refractivity contribution in [3.63, 3.8) is 0 Å². The van der Waals surface area contributed by atoms with Gasteiger partial charge < -0.3 is 0 Å². The molecule has 2 aromatic heterocycles. The minimum Gasteiger partial charge on any atom is -0.193 e. The van der Waals surface area contributed by atoms with Crippen LogP contribution < -0.4 is 9.13 Å². The minimum absolute atomic E-state index is 0.0486. The number of pyridine rings is 2. The minimum atomic E-state index is -0.230. The maximum atomic E-state index is 2.72. The highest BCUT2D eigenvalue weighted by Crippen LogP contribution is 2.79. The third-order valence-corrected chi connectivity index (χ3v) is 21.1. The lowest BCUT2D eigenvalue weighted by Crippen LogP contribution is -2.51. The highest BCUT2D eigenvalue weighted by Gasteiger charge is 2.88. The van der Waals surface area contributed by atoms with Gasteiger partial charge in [0, 0.05) is 17.7 Å². The van der Waals surface area contributed by atoms with Gasteiger partial charge in [0.15, 0.2) is 18.4 Å². The second kappa shape index (κ2) is 21.9. The maximum Gasteiger partial charge on any atom is 0.221 e. The quantitative estimate of drug-likeness (QED) is 0.102. The van der Waals surface area contributed by atoms with Gasteiger partial charge in [-0.1, -0.05) is 227 Å². The molecule has 14 aromatic rings. The van der Waals surface area contributed by atoms with Gasteiger partial charge in [-0.15, -0.1) is 0 Å². The third kappa shape index (κ3) is 8.82. The van der Waals surface area contributed by atoms with Crippen LogP contribution in [0.1, 0.15) is 68.8 Å². The molecule has 1 aliphatic carbocycles. The second-order valence-electron chi connectivity index (χ2n) is 25.9. The Morgan fingerprint density at radius 1 is 0.330 bits per heavy atom. The van der Waals surface area contributed by atoms with Gasteiger partial charge in [-0.25, -0.2) is 0 Å². The monoisotopic (exact) mass is 1170 g/mol. The Kier molecular flexibility index (Phi) is 13.1. The molecular formula is C89H70N2+2. The zero-order valence-corrected chi connectivity index (χ0v) is 51.8. The molecule has 3 aliphatic rings. The molecule has 2 nitrogen and oxygen atoms in total. The van der Waals surface area contributed by atoms with Gasteiger partial charge in [-0.3, -0.25) is 0 Å². The number of nitrogens with zero attached hydrogens (tertiary/aromatic N) is 2. The van der Waals surface area contributed by atoms with E-state index < -0.39 is 0 Å². The van der Waals surface area contributed by atoms with E-state index >= 15 is 0 Å². The van der Waals surface area contributed by atoms with Crippen LogP contribution in [0.5, 0.6) is 0 Å². The van der Waals surface area contributed by atoms with Gasteiger partial charge in [0.1, 0.15) is 5.41 Å². The fourth-order valence-electron chi connectivity index (χ4n) is 16.6. The summed E-state index contributed by atoms with van der Waals surface area (Å²) in [5.74, 6) is 0. The van der Waals surface area contributed by atoms with Crippen molar-refractivity contribution in [3.8, 4) is 112 Å². The van der Waals surface area contributed by atoms with Gasteiger partial charge in [0.05, 0.1) is 27.3 Å². The zero-order valence-electron chi connectivity index (χ0n) is 51.8. The average Bonchev–Trinajstić information content (AvgIpc) is 1.45. The zero-order chi connectivity index (χ0) is 60.8. The van der Waals surface area contributed by atoms with E-state index in [-0.39, 0.29) is 22.9 Å². The molecule has 4 atom stereocenters. The first-order chi connectivity index (χ1) is 44.9. The van der Waals surface area contributed by atoms with Crippen molar-refractivity contribution in [1.82, 2.24) is 0 Å². The molecule has 17 rings (SSSR count). The Balaban J connectivity index is 0.839. The lowest BCUT2D eigenvalue weighted by atomic mass is 9.73. The highest BCUT2D eigenvalue weighted by molar-refractivity contribution is 5.99. The molecule has 1 saturated carbocycles. The van der Waals surface area contributed by atoms with Gasteiger partial charge in [-0.2, -0.15) is 9.13 Å². The third-order valence-electron chi connectivity index (χ3n) is 21.1. The van der Waals surface area contributed by atoms with E-state index in [4.69, 9.17) is 0 Å². The normalized spacial score (nSPS) is 17.4. The first-order valence-electron chi connectivity index (χ1n) is 32.8. The number of unbranched alkanes of at least 4 members (excludes halogenated alkanes) is 1. The number of hydrogen-bond acceptors (Lipinski definition) is 0. The lowest BCUT2D eigenvalue weighted by Gasteiger charge is -2.28. The summed E-state index contributed by atoms with van der Waals surface area (Å²) < 4.78 is 5.42. The van der Waals surface area contributed by atoms with Crippen LogP contribution in [0.2, 0.25) is 0 Å². The van der Waals surface area contributed by atoms with Crippen LogP contribution in [-0.4, -0.2) is 0 Å². The van der Waals surface area contributed by atoms with Crippen LogP contribution in [0, 0.1) is 5.41 Å². The van der Waals surface area contributed by atoms with E-state index in [1.165, 1.54) is 146 Å². The summed E-state index contributed by atoms with van der Waals surface area (Å²) in [4.78, 5) is 0.